The molecule has 0 bridgehead atoms. The minimum atomic E-state index is -4.64. The second-order valence-electron chi connectivity index (χ2n) is 6.04. The lowest BCUT2D eigenvalue weighted by atomic mass is 10.1. The molecule has 0 radical (unpaired) electrons. The van der Waals surface area contributed by atoms with Crippen molar-refractivity contribution in [2.45, 2.75) is 39.4 Å². The number of halogens is 3. The molecule has 0 saturated carbocycles. The Kier molecular flexibility index (Phi) is 5.06. The molecule has 3 aromatic heterocycles. The van der Waals surface area contributed by atoms with Crippen molar-refractivity contribution in [2.24, 2.45) is 0 Å². The van der Waals surface area contributed by atoms with Gasteiger partial charge in [-0.15, -0.1) is 5.10 Å². The van der Waals surface area contributed by atoms with Gasteiger partial charge in [0.2, 0.25) is 5.91 Å². The van der Waals surface area contributed by atoms with Crippen LogP contribution >= 0.6 is 0 Å². The molecule has 27 heavy (non-hydrogen) atoms. The number of fused-ring (bicyclic) bond motifs is 1. The minimum absolute atomic E-state index is 0.109. The smallest absolute Gasteiger partial charge is 0.352 e. The Morgan fingerprint density at radius 3 is 2.70 bits per heavy atom. The van der Waals surface area contributed by atoms with Gasteiger partial charge in [0.1, 0.15) is 0 Å². The predicted molar refractivity (Wildman–Crippen MR) is 89.7 cm³/mol. The van der Waals surface area contributed by atoms with Crippen molar-refractivity contribution < 1.29 is 18.0 Å². The van der Waals surface area contributed by atoms with E-state index in [9.17, 15) is 18.0 Å². The van der Waals surface area contributed by atoms with Crippen molar-refractivity contribution in [1.29, 1.82) is 0 Å². The Balaban J connectivity index is 1.71. The van der Waals surface area contributed by atoms with E-state index in [0.29, 0.717) is 29.9 Å². The number of amides is 1. The molecule has 0 aliphatic rings. The molecule has 0 aromatic carbocycles. The highest BCUT2D eigenvalue weighted by Crippen LogP contribution is 2.27. The number of hydrogen-bond donors (Lipinski definition) is 1. The van der Waals surface area contributed by atoms with Gasteiger partial charge < -0.3 is 5.32 Å². The summed E-state index contributed by atoms with van der Waals surface area (Å²) in [6.07, 6.45) is -0.819. The maximum atomic E-state index is 12.8. The largest absolute Gasteiger partial charge is 0.453 e. The standard InChI is InChI=1S/C17H17F3N6O/c1-10-13(5-6-14(27)22-9-12-4-3-7-21-8-12)11(2)26-16(23-10)24-15(25-26)17(18,19)20/h3-4,7-8H,5-6,9H2,1-2H3,(H,22,27). The summed E-state index contributed by atoms with van der Waals surface area (Å²) in [4.78, 5) is 23.6. The van der Waals surface area contributed by atoms with Crippen LogP contribution in [0.15, 0.2) is 24.5 Å². The topological polar surface area (TPSA) is 85.1 Å². The zero-order valence-electron chi connectivity index (χ0n) is 14.7. The van der Waals surface area contributed by atoms with Crippen molar-refractivity contribution in [3.8, 4) is 0 Å². The first-order chi connectivity index (χ1) is 12.8. The Morgan fingerprint density at radius 1 is 1.26 bits per heavy atom. The number of carbonyl (C=O) groups is 1. The minimum Gasteiger partial charge on any atom is -0.352 e. The predicted octanol–water partition coefficient (Wildman–Crippen LogP) is 2.40. The normalized spacial score (nSPS) is 11.7. The monoisotopic (exact) mass is 378 g/mol. The molecule has 3 heterocycles. The first-order valence-corrected chi connectivity index (χ1v) is 8.21. The van der Waals surface area contributed by atoms with Gasteiger partial charge in [-0.1, -0.05) is 6.07 Å². The maximum Gasteiger partial charge on any atom is 0.453 e. The Morgan fingerprint density at radius 2 is 2.04 bits per heavy atom. The first-order valence-electron chi connectivity index (χ1n) is 8.21. The van der Waals surface area contributed by atoms with E-state index < -0.39 is 12.0 Å². The van der Waals surface area contributed by atoms with E-state index in [4.69, 9.17) is 0 Å². The number of hydrogen-bond acceptors (Lipinski definition) is 5. The van der Waals surface area contributed by atoms with Gasteiger partial charge in [-0.3, -0.25) is 9.78 Å². The van der Waals surface area contributed by atoms with E-state index >= 15 is 0 Å². The highest BCUT2D eigenvalue weighted by molar-refractivity contribution is 5.76. The van der Waals surface area contributed by atoms with Gasteiger partial charge in [0.15, 0.2) is 0 Å². The molecule has 3 rings (SSSR count). The average Bonchev–Trinajstić information content (AvgIpc) is 3.05. The van der Waals surface area contributed by atoms with Crippen LogP contribution in [0.5, 0.6) is 0 Å². The third kappa shape index (κ3) is 4.21. The van der Waals surface area contributed by atoms with Crippen LogP contribution in [0.25, 0.3) is 5.78 Å². The second-order valence-corrected chi connectivity index (χ2v) is 6.04. The summed E-state index contributed by atoms with van der Waals surface area (Å²) in [6, 6.07) is 3.63. The molecule has 0 saturated heterocycles. The molecule has 0 fully saturated rings. The van der Waals surface area contributed by atoms with E-state index in [1.165, 1.54) is 0 Å². The highest BCUT2D eigenvalue weighted by Gasteiger charge is 2.36. The van der Waals surface area contributed by atoms with Gasteiger partial charge in [0.25, 0.3) is 11.6 Å². The Hall–Kier alpha value is -3.04. The number of alkyl halides is 3. The third-order valence-electron chi connectivity index (χ3n) is 4.12. The van der Waals surface area contributed by atoms with Crippen LogP contribution in [0.2, 0.25) is 0 Å². The molecular formula is C17H17F3N6O. The molecule has 0 spiro atoms. The Bertz CT molecular complexity index is 968. The van der Waals surface area contributed by atoms with Gasteiger partial charge in [0.05, 0.1) is 0 Å². The molecule has 0 atom stereocenters. The van der Waals surface area contributed by atoms with Crippen molar-refractivity contribution in [2.75, 3.05) is 0 Å². The fourth-order valence-corrected chi connectivity index (χ4v) is 2.72. The number of aryl methyl sites for hydroxylation is 2. The molecule has 1 N–H and O–H groups in total. The van der Waals surface area contributed by atoms with Crippen LogP contribution in [-0.4, -0.2) is 30.5 Å². The molecule has 0 unspecified atom stereocenters. The van der Waals surface area contributed by atoms with Gasteiger partial charge in [0, 0.05) is 36.7 Å². The van der Waals surface area contributed by atoms with E-state index in [2.05, 4.69) is 25.4 Å². The van der Waals surface area contributed by atoms with Crippen molar-refractivity contribution in [1.82, 2.24) is 29.9 Å². The second kappa shape index (κ2) is 7.29. The van der Waals surface area contributed by atoms with Gasteiger partial charge in [-0.25, -0.2) is 9.50 Å². The molecule has 7 nitrogen and oxygen atoms in total. The fraction of sp³-hybridized carbons (Fsp3) is 0.353. The number of rotatable bonds is 5. The SMILES string of the molecule is Cc1nc2nc(C(F)(F)F)nn2c(C)c1CCC(=O)NCc1cccnc1. The summed E-state index contributed by atoms with van der Waals surface area (Å²) < 4.78 is 39.5. The first kappa shape index (κ1) is 18.7. The number of nitrogens with zero attached hydrogens (tertiary/aromatic N) is 5. The molecule has 0 aliphatic heterocycles. The summed E-state index contributed by atoms with van der Waals surface area (Å²) in [5, 5.41) is 6.29. The van der Waals surface area contributed by atoms with Crippen molar-refractivity contribution in [3.63, 3.8) is 0 Å². The number of pyridine rings is 1. The quantitative estimate of drug-likeness (QED) is 0.737. The van der Waals surface area contributed by atoms with E-state index in [1.807, 2.05) is 6.07 Å². The molecule has 10 heteroatoms. The van der Waals surface area contributed by atoms with E-state index in [-0.39, 0.29) is 18.1 Å². The van der Waals surface area contributed by atoms with Crippen LogP contribution in [0.1, 0.15) is 34.8 Å². The van der Waals surface area contributed by atoms with Gasteiger partial charge in [-0.2, -0.15) is 18.2 Å². The van der Waals surface area contributed by atoms with Crippen LogP contribution in [0.4, 0.5) is 13.2 Å². The lowest BCUT2D eigenvalue weighted by Gasteiger charge is -2.10. The van der Waals surface area contributed by atoms with Crippen molar-refractivity contribution >= 4 is 11.7 Å². The summed E-state index contributed by atoms with van der Waals surface area (Å²) in [6.45, 7) is 3.68. The molecular weight excluding hydrogens is 361 g/mol. The summed E-state index contributed by atoms with van der Waals surface area (Å²) in [5.74, 6) is -1.52. The van der Waals surface area contributed by atoms with Crippen LogP contribution < -0.4 is 5.32 Å². The van der Waals surface area contributed by atoms with Crippen LogP contribution in [0, 0.1) is 13.8 Å². The molecule has 142 valence electrons. The lowest BCUT2D eigenvalue weighted by molar-refractivity contribution is -0.144. The zero-order chi connectivity index (χ0) is 19.6. The average molecular weight is 378 g/mol. The summed E-state index contributed by atoms with van der Waals surface area (Å²) >= 11 is 0. The van der Waals surface area contributed by atoms with Gasteiger partial charge in [-0.05, 0) is 37.5 Å². The number of nitrogens with one attached hydrogen (secondary N) is 1. The van der Waals surface area contributed by atoms with E-state index in [1.54, 1.807) is 32.3 Å². The molecule has 1 amide bonds. The van der Waals surface area contributed by atoms with Crippen LogP contribution in [-0.2, 0) is 23.9 Å². The van der Waals surface area contributed by atoms with Crippen LogP contribution in [0.3, 0.4) is 0 Å². The van der Waals surface area contributed by atoms with Crippen molar-refractivity contribution in [3.05, 3.63) is 52.9 Å². The number of carbonyl (C=O) groups excluding carboxylic acids is 1. The fourth-order valence-electron chi connectivity index (χ4n) is 2.72. The number of aromatic nitrogens is 5. The highest BCUT2D eigenvalue weighted by atomic mass is 19.4. The zero-order valence-corrected chi connectivity index (χ0v) is 14.7. The lowest BCUT2D eigenvalue weighted by Crippen LogP contribution is -2.23. The van der Waals surface area contributed by atoms with E-state index in [0.717, 1.165) is 10.1 Å². The van der Waals surface area contributed by atoms with Gasteiger partial charge >= 0.3 is 6.18 Å². The maximum absolute atomic E-state index is 12.8. The summed E-state index contributed by atoms with van der Waals surface area (Å²) in [7, 11) is 0. The molecule has 3 aromatic rings. The third-order valence-corrected chi connectivity index (χ3v) is 4.12. The molecule has 0 aliphatic carbocycles. The summed E-state index contributed by atoms with van der Waals surface area (Å²) in [5.41, 5.74) is 2.57. The Labute approximate surface area is 152 Å².